The Morgan fingerprint density at radius 1 is 1.43 bits per heavy atom. The van der Waals surface area contributed by atoms with Crippen LogP contribution in [-0.4, -0.2) is 27.4 Å². The van der Waals surface area contributed by atoms with Crippen LogP contribution in [0.4, 0.5) is 0 Å². The topological polar surface area (TPSA) is 61.4 Å². The van der Waals surface area contributed by atoms with Crippen molar-refractivity contribution in [3.8, 4) is 5.75 Å². The van der Waals surface area contributed by atoms with Gasteiger partial charge in [0, 0.05) is 19.2 Å². The number of benzene rings is 1. The number of methoxy groups -OCH3 is 1. The first kappa shape index (κ1) is 15.5. The van der Waals surface area contributed by atoms with E-state index < -0.39 is 0 Å². The second kappa shape index (κ2) is 6.00. The summed E-state index contributed by atoms with van der Waals surface area (Å²) in [7, 11) is 3.39. The van der Waals surface area contributed by atoms with Crippen LogP contribution in [0, 0.1) is 6.92 Å². The molecule has 0 saturated carbocycles. The molecule has 2 heterocycles. The number of fused-ring (bicyclic) bond motifs is 1. The lowest BCUT2D eigenvalue weighted by atomic mass is 10.3. The van der Waals surface area contributed by atoms with Crippen molar-refractivity contribution in [3.05, 3.63) is 40.5 Å². The van der Waals surface area contributed by atoms with Crippen molar-refractivity contribution in [1.82, 2.24) is 14.3 Å². The largest absolute Gasteiger partial charge is 0.495 e. The molecule has 0 radical (unpaired) electrons. The lowest BCUT2D eigenvalue weighted by Gasteiger charge is -2.05. The minimum Gasteiger partial charge on any atom is -0.495 e. The maximum atomic E-state index is 12.6. The number of hydrogen-bond acceptors (Lipinski definition) is 4. The van der Waals surface area contributed by atoms with Gasteiger partial charge < -0.3 is 9.30 Å². The third-order valence-electron chi connectivity index (χ3n) is 3.72. The molecule has 0 aliphatic carbocycles. The number of rotatable bonds is 3. The van der Waals surface area contributed by atoms with E-state index in [1.807, 2.05) is 36.6 Å². The van der Waals surface area contributed by atoms with E-state index in [1.165, 1.54) is 11.3 Å². The van der Waals surface area contributed by atoms with Gasteiger partial charge in [0.15, 0.2) is 4.80 Å². The molecular formula is C16H18N4O2S. The lowest BCUT2D eigenvalue weighted by molar-refractivity contribution is 0.0988. The Morgan fingerprint density at radius 2 is 2.22 bits per heavy atom. The minimum atomic E-state index is -0.282. The van der Waals surface area contributed by atoms with E-state index in [4.69, 9.17) is 4.74 Å². The maximum Gasteiger partial charge on any atom is 0.298 e. The van der Waals surface area contributed by atoms with E-state index in [0.29, 0.717) is 17.0 Å². The van der Waals surface area contributed by atoms with Crippen molar-refractivity contribution >= 4 is 27.5 Å². The summed E-state index contributed by atoms with van der Waals surface area (Å²) >= 11 is 1.48. The van der Waals surface area contributed by atoms with Gasteiger partial charge in [0.1, 0.15) is 17.0 Å². The fourth-order valence-corrected chi connectivity index (χ4v) is 3.75. The van der Waals surface area contributed by atoms with Gasteiger partial charge in [-0.3, -0.25) is 9.48 Å². The molecule has 6 nitrogen and oxygen atoms in total. The molecule has 0 fully saturated rings. The van der Waals surface area contributed by atoms with Crippen molar-refractivity contribution in [2.24, 2.45) is 12.0 Å². The van der Waals surface area contributed by atoms with Crippen LogP contribution in [-0.2, 0) is 13.6 Å². The summed E-state index contributed by atoms with van der Waals surface area (Å²) in [5.41, 5.74) is 2.30. The number of ether oxygens (including phenoxy) is 1. The molecule has 0 bridgehead atoms. The van der Waals surface area contributed by atoms with Crippen LogP contribution in [0.1, 0.15) is 23.0 Å². The van der Waals surface area contributed by atoms with Crippen molar-refractivity contribution < 1.29 is 9.53 Å². The molecule has 0 aliphatic heterocycles. The molecule has 0 aliphatic rings. The Balaban J connectivity index is 2.22. The molecule has 23 heavy (non-hydrogen) atoms. The standard InChI is InChI=1S/C16H18N4O2S/c1-5-20-14-11(22-4)7-6-8-12(14)23-16(20)18-15(21)13-10(2)9-17-19(13)3/h6-9H,5H2,1-4H3. The summed E-state index contributed by atoms with van der Waals surface area (Å²) in [5, 5.41) is 4.10. The molecule has 7 heteroatoms. The fourth-order valence-electron chi connectivity index (χ4n) is 2.64. The Morgan fingerprint density at radius 3 is 2.83 bits per heavy atom. The number of aromatic nitrogens is 3. The van der Waals surface area contributed by atoms with Crippen LogP contribution in [0.25, 0.3) is 10.2 Å². The van der Waals surface area contributed by atoms with E-state index >= 15 is 0 Å². The van der Waals surface area contributed by atoms with Crippen molar-refractivity contribution in [1.29, 1.82) is 0 Å². The second-order valence-corrected chi connectivity index (χ2v) is 6.16. The zero-order chi connectivity index (χ0) is 16.6. The third kappa shape index (κ3) is 2.57. The molecule has 0 N–H and O–H groups in total. The molecule has 120 valence electrons. The molecule has 0 spiro atoms. The summed E-state index contributed by atoms with van der Waals surface area (Å²) in [6.07, 6.45) is 1.67. The first-order valence-corrected chi connectivity index (χ1v) is 8.12. The van der Waals surface area contributed by atoms with E-state index in [9.17, 15) is 4.79 Å². The smallest absolute Gasteiger partial charge is 0.298 e. The number of thiazole rings is 1. The number of nitrogens with zero attached hydrogens (tertiary/aromatic N) is 4. The maximum absolute atomic E-state index is 12.6. The highest BCUT2D eigenvalue weighted by Crippen LogP contribution is 2.27. The van der Waals surface area contributed by atoms with Crippen LogP contribution in [0.2, 0.25) is 0 Å². The zero-order valence-corrected chi connectivity index (χ0v) is 14.3. The number of carbonyl (C=O) groups is 1. The number of hydrogen-bond donors (Lipinski definition) is 0. The summed E-state index contributed by atoms with van der Waals surface area (Å²) in [6.45, 7) is 4.59. The highest BCUT2D eigenvalue weighted by Gasteiger charge is 2.15. The number of para-hydroxylation sites is 1. The van der Waals surface area contributed by atoms with Crippen molar-refractivity contribution in [2.75, 3.05) is 7.11 Å². The van der Waals surface area contributed by atoms with E-state index in [-0.39, 0.29) is 5.91 Å². The van der Waals surface area contributed by atoms with Gasteiger partial charge in [-0.15, -0.1) is 0 Å². The highest BCUT2D eigenvalue weighted by molar-refractivity contribution is 7.16. The number of aryl methyl sites for hydroxylation is 3. The van der Waals surface area contributed by atoms with Gasteiger partial charge in [-0.25, -0.2) is 0 Å². The van der Waals surface area contributed by atoms with E-state index in [1.54, 1.807) is 25.0 Å². The van der Waals surface area contributed by atoms with Crippen LogP contribution in [0.15, 0.2) is 29.4 Å². The summed E-state index contributed by atoms with van der Waals surface area (Å²) in [5.74, 6) is 0.501. The molecular weight excluding hydrogens is 312 g/mol. The predicted molar refractivity (Wildman–Crippen MR) is 89.9 cm³/mol. The van der Waals surface area contributed by atoms with Crippen molar-refractivity contribution in [3.63, 3.8) is 0 Å². The molecule has 0 atom stereocenters. The fraction of sp³-hybridized carbons (Fsp3) is 0.312. The summed E-state index contributed by atoms with van der Waals surface area (Å²) in [6, 6.07) is 5.86. The average molecular weight is 330 g/mol. The van der Waals surface area contributed by atoms with Crippen LogP contribution in [0.3, 0.4) is 0 Å². The van der Waals surface area contributed by atoms with Gasteiger partial charge in [0.25, 0.3) is 5.91 Å². The molecule has 1 aromatic carbocycles. The van der Waals surface area contributed by atoms with Crippen LogP contribution < -0.4 is 9.54 Å². The van der Waals surface area contributed by atoms with E-state index in [0.717, 1.165) is 21.5 Å². The van der Waals surface area contributed by atoms with Gasteiger partial charge >= 0.3 is 0 Å². The van der Waals surface area contributed by atoms with Gasteiger partial charge in [-0.05, 0) is 26.0 Å². The number of amides is 1. The van der Waals surface area contributed by atoms with Crippen molar-refractivity contribution in [2.45, 2.75) is 20.4 Å². The summed E-state index contributed by atoms with van der Waals surface area (Å²) in [4.78, 5) is 17.5. The highest BCUT2D eigenvalue weighted by atomic mass is 32.1. The average Bonchev–Trinajstić information content (AvgIpc) is 3.06. The molecule has 0 unspecified atom stereocenters. The SMILES string of the molecule is CCn1c(=NC(=O)c2c(C)cnn2C)sc2cccc(OC)c21. The second-order valence-electron chi connectivity index (χ2n) is 5.15. The predicted octanol–water partition coefficient (Wildman–Crippen LogP) is 2.51. The van der Waals surface area contributed by atoms with Gasteiger partial charge in [-0.2, -0.15) is 10.1 Å². The normalized spacial score (nSPS) is 12.1. The van der Waals surface area contributed by atoms with E-state index in [2.05, 4.69) is 10.1 Å². The van der Waals surface area contributed by atoms with Gasteiger partial charge in [-0.1, -0.05) is 17.4 Å². The Hall–Kier alpha value is -2.41. The molecule has 1 amide bonds. The zero-order valence-electron chi connectivity index (χ0n) is 13.5. The van der Waals surface area contributed by atoms with Crippen LogP contribution in [0.5, 0.6) is 5.75 Å². The minimum absolute atomic E-state index is 0.282. The monoisotopic (exact) mass is 330 g/mol. The Labute approximate surface area is 137 Å². The Kier molecular flexibility index (Phi) is 4.04. The number of carbonyl (C=O) groups excluding carboxylic acids is 1. The first-order chi connectivity index (χ1) is 11.1. The first-order valence-electron chi connectivity index (χ1n) is 7.30. The molecule has 3 aromatic rings. The molecule has 0 saturated heterocycles. The molecule has 2 aromatic heterocycles. The molecule has 3 rings (SSSR count). The van der Waals surface area contributed by atoms with Gasteiger partial charge in [0.05, 0.1) is 18.0 Å². The lowest BCUT2D eigenvalue weighted by Crippen LogP contribution is -2.17. The quantitative estimate of drug-likeness (QED) is 0.741. The Bertz CT molecular complexity index is 929. The third-order valence-corrected chi connectivity index (χ3v) is 4.77. The van der Waals surface area contributed by atoms with Crippen LogP contribution >= 0.6 is 11.3 Å². The van der Waals surface area contributed by atoms with Gasteiger partial charge in [0.2, 0.25) is 0 Å². The summed E-state index contributed by atoms with van der Waals surface area (Å²) < 4.78 is 10.0.